The van der Waals surface area contributed by atoms with Crippen LogP contribution in [0.3, 0.4) is 0 Å². The fraction of sp³-hybridized carbons (Fsp3) is 0.136. The van der Waals surface area contributed by atoms with Crippen LogP contribution in [-0.2, 0) is 9.84 Å². The molecule has 3 rings (SSSR count). The van der Waals surface area contributed by atoms with Gasteiger partial charge in [0.1, 0.15) is 0 Å². The molecule has 0 aliphatic carbocycles. The van der Waals surface area contributed by atoms with Crippen molar-refractivity contribution in [3.8, 4) is 11.1 Å². The van der Waals surface area contributed by atoms with E-state index in [-0.39, 0.29) is 16.8 Å². The lowest BCUT2D eigenvalue weighted by Crippen LogP contribution is -2.26. The zero-order valence-electron chi connectivity index (χ0n) is 15.2. The molecular formula is C22H21NO3S. The van der Waals surface area contributed by atoms with Crippen molar-refractivity contribution >= 4 is 15.7 Å². The molecule has 0 heterocycles. The zero-order chi connectivity index (χ0) is 19.4. The SMILES string of the molecule is CC(NC(=O)c1ccc(-c2ccccc2)cc1)c1ccc(S(C)(=O)=O)cc1. The van der Waals surface area contributed by atoms with Crippen LogP contribution < -0.4 is 5.32 Å². The van der Waals surface area contributed by atoms with Gasteiger partial charge in [-0.05, 0) is 47.9 Å². The summed E-state index contributed by atoms with van der Waals surface area (Å²) in [5, 5.41) is 2.94. The fourth-order valence-electron chi connectivity index (χ4n) is 2.81. The Morgan fingerprint density at radius 2 is 1.37 bits per heavy atom. The Hall–Kier alpha value is -2.92. The van der Waals surface area contributed by atoms with Gasteiger partial charge in [0, 0.05) is 11.8 Å². The van der Waals surface area contributed by atoms with E-state index in [4.69, 9.17) is 0 Å². The summed E-state index contributed by atoms with van der Waals surface area (Å²) >= 11 is 0. The summed E-state index contributed by atoms with van der Waals surface area (Å²) in [6.07, 6.45) is 1.17. The summed E-state index contributed by atoms with van der Waals surface area (Å²) in [4.78, 5) is 12.8. The molecule has 1 unspecified atom stereocenters. The Labute approximate surface area is 159 Å². The predicted molar refractivity (Wildman–Crippen MR) is 107 cm³/mol. The molecule has 0 aromatic heterocycles. The molecule has 3 aromatic rings. The third-order valence-corrected chi connectivity index (χ3v) is 5.54. The van der Waals surface area contributed by atoms with Gasteiger partial charge in [-0.2, -0.15) is 0 Å². The van der Waals surface area contributed by atoms with Crippen molar-refractivity contribution in [2.24, 2.45) is 0 Å². The summed E-state index contributed by atoms with van der Waals surface area (Å²) in [6.45, 7) is 1.87. The van der Waals surface area contributed by atoms with Crippen LogP contribution in [0.1, 0.15) is 28.9 Å². The van der Waals surface area contributed by atoms with Crippen LogP contribution in [-0.4, -0.2) is 20.6 Å². The average Bonchev–Trinajstić information content (AvgIpc) is 2.68. The van der Waals surface area contributed by atoms with E-state index in [9.17, 15) is 13.2 Å². The average molecular weight is 379 g/mol. The van der Waals surface area contributed by atoms with Crippen molar-refractivity contribution in [1.29, 1.82) is 0 Å². The van der Waals surface area contributed by atoms with Gasteiger partial charge in [0.2, 0.25) is 0 Å². The van der Waals surface area contributed by atoms with Crippen LogP contribution in [0.4, 0.5) is 0 Å². The molecule has 0 saturated carbocycles. The first-order chi connectivity index (χ1) is 12.8. The number of hydrogen-bond acceptors (Lipinski definition) is 3. The molecule has 0 aliphatic heterocycles. The van der Waals surface area contributed by atoms with Crippen LogP contribution in [0.25, 0.3) is 11.1 Å². The van der Waals surface area contributed by atoms with E-state index in [1.165, 1.54) is 6.26 Å². The lowest BCUT2D eigenvalue weighted by Gasteiger charge is -2.15. The maximum absolute atomic E-state index is 12.5. The van der Waals surface area contributed by atoms with E-state index in [0.717, 1.165) is 16.7 Å². The number of carbonyl (C=O) groups is 1. The normalized spacial score (nSPS) is 12.4. The van der Waals surface area contributed by atoms with Gasteiger partial charge in [-0.3, -0.25) is 4.79 Å². The number of rotatable bonds is 5. The summed E-state index contributed by atoms with van der Waals surface area (Å²) in [7, 11) is -3.23. The first-order valence-corrected chi connectivity index (χ1v) is 10.5. The molecule has 27 heavy (non-hydrogen) atoms. The third kappa shape index (κ3) is 4.63. The van der Waals surface area contributed by atoms with Crippen molar-refractivity contribution in [3.05, 3.63) is 90.0 Å². The van der Waals surface area contributed by atoms with Crippen LogP contribution in [0, 0.1) is 0 Å². The Morgan fingerprint density at radius 1 is 0.815 bits per heavy atom. The van der Waals surface area contributed by atoms with Gasteiger partial charge in [-0.15, -0.1) is 0 Å². The van der Waals surface area contributed by atoms with Crippen molar-refractivity contribution in [2.75, 3.05) is 6.26 Å². The van der Waals surface area contributed by atoms with Gasteiger partial charge in [0.25, 0.3) is 5.91 Å². The number of benzene rings is 3. The zero-order valence-corrected chi connectivity index (χ0v) is 16.0. The second-order valence-electron chi connectivity index (χ2n) is 6.48. The molecule has 0 aliphatic rings. The van der Waals surface area contributed by atoms with E-state index in [1.54, 1.807) is 36.4 Å². The molecule has 1 atom stereocenters. The van der Waals surface area contributed by atoms with E-state index < -0.39 is 9.84 Å². The van der Waals surface area contributed by atoms with Gasteiger partial charge in [0.05, 0.1) is 10.9 Å². The highest BCUT2D eigenvalue weighted by molar-refractivity contribution is 7.90. The number of amides is 1. The number of nitrogens with one attached hydrogen (secondary N) is 1. The molecule has 0 saturated heterocycles. The quantitative estimate of drug-likeness (QED) is 0.721. The molecule has 0 bridgehead atoms. The van der Waals surface area contributed by atoms with Gasteiger partial charge in [-0.1, -0.05) is 54.6 Å². The summed E-state index contributed by atoms with van der Waals surface area (Å²) in [5.41, 5.74) is 3.58. The molecule has 138 valence electrons. The Kier molecular flexibility index (Phi) is 5.42. The second kappa shape index (κ2) is 7.76. The van der Waals surface area contributed by atoms with E-state index >= 15 is 0 Å². The third-order valence-electron chi connectivity index (χ3n) is 4.41. The number of sulfone groups is 1. The molecule has 0 spiro atoms. The van der Waals surface area contributed by atoms with Gasteiger partial charge in [-0.25, -0.2) is 8.42 Å². The first-order valence-electron chi connectivity index (χ1n) is 8.61. The van der Waals surface area contributed by atoms with Crippen molar-refractivity contribution < 1.29 is 13.2 Å². The lowest BCUT2D eigenvalue weighted by atomic mass is 10.0. The molecule has 1 N–H and O–H groups in total. The van der Waals surface area contributed by atoms with Crippen LogP contribution in [0.2, 0.25) is 0 Å². The molecule has 0 fully saturated rings. The molecule has 3 aromatic carbocycles. The molecule has 0 radical (unpaired) electrons. The van der Waals surface area contributed by atoms with E-state index in [0.29, 0.717) is 5.56 Å². The smallest absolute Gasteiger partial charge is 0.251 e. The monoisotopic (exact) mass is 379 g/mol. The van der Waals surface area contributed by atoms with Gasteiger partial charge < -0.3 is 5.32 Å². The second-order valence-corrected chi connectivity index (χ2v) is 8.50. The highest BCUT2D eigenvalue weighted by atomic mass is 32.2. The maximum atomic E-state index is 12.5. The minimum absolute atomic E-state index is 0.172. The van der Waals surface area contributed by atoms with Gasteiger partial charge in [0.15, 0.2) is 9.84 Å². The van der Waals surface area contributed by atoms with E-state index in [2.05, 4.69) is 5.32 Å². The predicted octanol–water partition coefficient (Wildman–Crippen LogP) is 4.25. The van der Waals surface area contributed by atoms with Crippen molar-refractivity contribution in [1.82, 2.24) is 5.32 Å². The minimum Gasteiger partial charge on any atom is -0.346 e. The molecular weight excluding hydrogens is 358 g/mol. The maximum Gasteiger partial charge on any atom is 0.251 e. The van der Waals surface area contributed by atoms with E-state index in [1.807, 2.05) is 49.4 Å². The standard InChI is InChI=1S/C22H21NO3S/c1-16(17-12-14-21(15-13-17)27(2,25)26)23-22(24)20-10-8-19(9-11-20)18-6-4-3-5-7-18/h3-16H,1-2H3,(H,23,24). The van der Waals surface area contributed by atoms with Crippen molar-refractivity contribution in [3.63, 3.8) is 0 Å². The lowest BCUT2D eigenvalue weighted by molar-refractivity contribution is 0.0940. The molecule has 1 amide bonds. The minimum atomic E-state index is -3.23. The van der Waals surface area contributed by atoms with Crippen LogP contribution >= 0.6 is 0 Å². The number of hydrogen-bond donors (Lipinski definition) is 1. The van der Waals surface area contributed by atoms with Crippen molar-refractivity contribution in [2.45, 2.75) is 17.9 Å². The highest BCUT2D eigenvalue weighted by Crippen LogP contribution is 2.20. The van der Waals surface area contributed by atoms with Gasteiger partial charge >= 0.3 is 0 Å². The number of carbonyl (C=O) groups excluding carboxylic acids is 1. The first kappa shape index (κ1) is 18.9. The summed E-state index contributed by atoms with van der Waals surface area (Å²) < 4.78 is 23.1. The highest BCUT2D eigenvalue weighted by Gasteiger charge is 2.13. The summed E-state index contributed by atoms with van der Waals surface area (Å²) in [5.74, 6) is -0.172. The fourth-order valence-corrected chi connectivity index (χ4v) is 3.44. The topological polar surface area (TPSA) is 63.2 Å². The largest absolute Gasteiger partial charge is 0.346 e. The van der Waals surface area contributed by atoms with Crippen LogP contribution in [0.15, 0.2) is 83.8 Å². The Bertz CT molecular complexity index is 1030. The Morgan fingerprint density at radius 3 is 1.93 bits per heavy atom. The summed E-state index contributed by atoms with van der Waals surface area (Å²) in [6, 6.07) is 23.8. The van der Waals surface area contributed by atoms with Crippen LogP contribution in [0.5, 0.6) is 0 Å². The molecule has 4 nitrogen and oxygen atoms in total. The molecule has 5 heteroatoms. The Balaban J connectivity index is 1.69.